The van der Waals surface area contributed by atoms with E-state index >= 15 is 0 Å². The van der Waals surface area contributed by atoms with Gasteiger partial charge in [-0.2, -0.15) is 0 Å². The minimum atomic E-state index is -0.492. The predicted octanol–water partition coefficient (Wildman–Crippen LogP) is 2.47. The van der Waals surface area contributed by atoms with Crippen LogP contribution < -0.4 is 5.32 Å². The lowest BCUT2D eigenvalue weighted by molar-refractivity contribution is -0.124. The van der Waals surface area contributed by atoms with Crippen molar-refractivity contribution < 1.29 is 14.3 Å². The lowest BCUT2D eigenvalue weighted by Gasteiger charge is -2.07. The van der Waals surface area contributed by atoms with Gasteiger partial charge in [0, 0.05) is 6.54 Å². The van der Waals surface area contributed by atoms with Gasteiger partial charge >= 0.3 is 5.97 Å². The van der Waals surface area contributed by atoms with E-state index in [9.17, 15) is 9.59 Å². The Bertz CT molecular complexity index is 623. The highest BCUT2D eigenvalue weighted by molar-refractivity contribution is 5.91. The average molecular weight is 283 g/mol. The number of benzene rings is 2. The number of amides is 1. The molecule has 0 aliphatic carbocycles. The Hall–Kier alpha value is -2.62. The van der Waals surface area contributed by atoms with E-state index in [-0.39, 0.29) is 12.5 Å². The molecule has 0 aliphatic heterocycles. The molecule has 0 bridgehead atoms. The molecule has 2 aromatic carbocycles. The van der Waals surface area contributed by atoms with Gasteiger partial charge in [-0.1, -0.05) is 48.0 Å². The van der Waals surface area contributed by atoms with Crippen LogP contribution in [0.1, 0.15) is 21.5 Å². The van der Waals surface area contributed by atoms with Crippen molar-refractivity contribution in [1.29, 1.82) is 0 Å². The molecule has 1 N–H and O–H groups in total. The molecule has 4 nitrogen and oxygen atoms in total. The van der Waals surface area contributed by atoms with Crippen LogP contribution >= 0.6 is 0 Å². The van der Waals surface area contributed by atoms with E-state index in [2.05, 4.69) is 5.32 Å². The van der Waals surface area contributed by atoms with Gasteiger partial charge in [-0.3, -0.25) is 4.79 Å². The molecule has 0 spiro atoms. The van der Waals surface area contributed by atoms with Crippen LogP contribution in [0.4, 0.5) is 0 Å². The van der Waals surface area contributed by atoms with Gasteiger partial charge < -0.3 is 10.1 Å². The molecule has 4 heteroatoms. The smallest absolute Gasteiger partial charge is 0.338 e. The third kappa shape index (κ3) is 4.76. The van der Waals surface area contributed by atoms with Crippen molar-refractivity contribution >= 4 is 11.9 Å². The first-order valence-electron chi connectivity index (χ1n) is 6.69. The molecule has 108 valence electrons. The Morgan fingerprint density at radius 3 is 2.52 bits per heavy atom. The zero-order chi connectivity index (χ0) is 15.1. The molecule has 0 heterocycles. The van der Waals surface area contributed by atoms with Crippen molar-refractivity contribution in [3.8, 4) is 0 Å². The fourth-order valence-electron chi connectivity index (χ4n) is 1.83. The van der Waals surface area contributed by atoms with E-state index in [1.54, 1.807) is 18.2 Å². The van der Waals surface area contributed by atoms with Gasteiger partial charge in [0.1, 0.15) is 0 Å². The van der Waals surface area contributed by atoms with Crippen LogP contribution in [-0.4, -0.2) is 18.5 Å². The van der Waals surface area contributed by atoms with Crippen LogP contribution in [0.15, 0.2) is 54.6 Å². The average Bonchev–Trinajstić information content (AvgIpc) is 2.51. The fourth-order valence-corrected chi connectivity index (χ4v) is 1.83. The van der Waals surface area contributed by atoms with Crippen molar-refractivity contribution in [1.82, 2.24) is 5.32 Å². The molecule has 0 fully saturated rings. The zero-order valence-corrected chi connectivity index (χ0v) is 11.8. The maximum absolute atomic E-state index is 11.8. The fraction of sp³-hybridized carbons (Fsp3) is 0.176. The Morgan fingerprint density at radius 2 is 1.81 bits per heavy atom. The van der Waals surface area contributed by atoms with Crippen molar-refractivity contribution in [2.45, 2.75) is 13.5 Å². The number of hydrogen-bond donors (Lipinski definition) is 1. The van der Waals surface area contributed by atoms with Crippen molar-refractivity contribution in [3.63, 3.8) is 0 Å². The molecule has 0 aliphatic rings. The van der Waals surface area contributed by atoms with Gasteiger partial charge in [0.05, 0.1) is 5.56 Å². The second-order valence-electron chi connectivity index (χ2n) is 4.71. The third-order valence-electron chi connectivity index (χ3n) is 2.92. The summed E-state index contributed by atoms with van der Waals surface area (Å²) >= 11 is 0. The standard InChI is InChI=1S/C17H17NO3/c1-13-6-5-9-15(10-13)17(20)21-12-16(19)18-11-14-7-3-2-4-8-14/h2-10H,11-12H2,1H3,(H,18,19). The summed E-state index contributed by atoms with van der Waals surface area (Å²) in [6.07, 6.45) is 0. The molecule has 1 amide bonds. The van der Waals surface area contributed by atoms with Crippen molar-refractivity contribution in [2.75, 3.05) is 6.61 Å². The molecule has 21 heavy (non-hydrogen) atoms. The monoisotopic (exact) mass is 283 g/mol. The summed E-state index contributed by atoms with van der Waals surface area (Å²) in [5, 5.41) is 2.70. The Balaban J connectivity index is 1.77. The maximum atomic E-state index is 11.8. The predicted molar refractivity (Wildman–Crippen MR) is 79.8 cm³/mol. The largest absolute Gasteiger partial charge is 0.452 e. The topological polar surface area (TPSA) is 55.4 Å². The second-order valence-corrected chi connectivity index (χ2v) is 4.71. The van der Waals surface area contributed by atoms with Gasteiger partial charge in [0.2, 0.25) is 0 Å². The number of nitrogens with one attached hydrogen (secondary N) is 1. The van der Waals surface area contributed by atoms with Crippen LogP contribution in [0.25, 0.3) is 0 Å². The van der Waals surface area contributed by atoms with E-state index in [1.807, 2.05) is 43.3 Å². The summed E-state index contributed by atoms with van der Waals surface area (Å²) in [5.74, 6) is -0.812. The highest BCUT2D eigenvalue weighted by atomic mass is 16.5. The summed E-state index contributed by atoms with van der Waals surface area (Å²) in [6, 6.07) is 16.6. The lowest BCUT2D eigenvalue weighted by atomic mass is 10.1. The number of esters is 1. The summed E-state index contributed by atoms with van der Waals surface area (Å²) in [5.41, 5.74) is 2.42. The first kappa shape index (κ1) is 14.8. The molecule has 0 saturated carbocycles. The zero-order valence-electron chi connectivity index (χ0n) is 11.8. The highest BCUT2D eigenvalue weighted by Gasteiger charge is 2.09. The minimum Gasteiger partial charge on any atom is -0.452 e. The highest BCUT2D eigenvalue weighted by Crippen LogP contribution is 2.05. The Kier molecular flexibility index (Phi) is 5.10. The normalized spacial score (nSPS) is 9.95. The number of carbonyl (C=O) groups is 2. The summed E-state index contributed by atoms with van der Waals surface area (Å²) in [6.45, 7) is 2.03. The second kappa shape index (κ2) is 7.24. The summed E-state index contributed by atoms with van der Waals surface area (Å²) in [7, 11) is 0. The van der Waals surface area contributed by atoms with Crippen LogP contribution in [0.5, 0.6) is 0 Å². The third-order valence-corrected chi connectivity index (χ3v) is 2.92. The lowest BCUT2D eigenvalue weighted by Crippen LogP contribution is -2.28. The van der Waals surface area contributed by atoms with Crippen molar-refractivity contribution in [2.24, 2.45) is 0 Å². The van der Waals surface area contributed by atoms with E-state index in [1.165, 1.54) is 0 Å². The number of hydrogen-bond acceptors (Lipinski definition) is 3. The van der Waals surface area contributed by atoms with Gasteiger partial charge in [-0.05, 0) is 24.6 Å². The van der Waals surface area contributed by atoms with Gasteiger partial charge in [0.15, 0.2) is 6.61 Å². The van der Waals surface area contributed by atoms with Gasteiger partial charge in [-0.25, -0.2) is 4.79 Å². The molecule has 0 saturated heterocycles. The summed E-state index contributed by atoms with van der Waals surface area (Å²) in [4.78, 5) is 23.4. The number of ether oxygens (including phenoxy) is 1. The van der Waals surface area contributed by atoms with Crippen LogP contribution in [0.3, 0.4) is 0 Å². The first-order chi connectivity index (χ1) is 10.1. The molecule has 2 aromatic rings. The van der Waals surface area contributed by atoms with Crippen LogP contribution in [-0.2, 0) is 16.1 Å². The quantitative estimate of drug-likeness (QED) is 0.858. The molecule has 0 aromatic heterocycles. The molecule has 2 rings (SSSR count). The summed E-state index contributed by atoms with van der Waals surface area (Å²) < 4.78 is 4.98. The van der Waals surface area contributed by atoms with Crippen LogP contribution in [0.2, 0.25) is 0 Å². The maximum Gasteiger partial charge on any atom is 0.338 e. The Morgan fingerprint density at radius 1 is 1.05 bits per heavy atom. The van der Waals surface area contributed by atoms with E-state index in [0.29, 0.717) is 12.1 Å². The molecular formula is C17H17NO3. The van der Waals surface area contributed by atoms with E-state index < -0.39 is 5.97 Å². The first-order valence-corrected chi connectivity index (χ1v) is 6.69. The minimum absolute atomic E-state index is 0.278. The molecular weight excluding hydrogens is 266 g/mol. The van der Waals surface area contributed by atoms with E-state index in [0.717, 1.165) is 11.1 Å². The van der Waals surface area contributed by atoms with E-state index in [4.69, 9.17) is 4.74 Å². The van der Waals surface area contributed by atoms with Gasteiger partial charge in [-0.15, -0.1) is 0 Å². The molecule has 0 unspecified atom stereocenters. The Labute approximate surface area is 123 Å². The van der Waals surface area contributed by atoms with Crippen molar-refractivity contribution in [3.05, 3.63) is 71.3 Å². The SMILES string of the molecule is Cc1cccc(C(=O)OCC(=O)NCc2ccccc2)c1. The molecule has 0 atom stereocenters. The molecule has 0 radical (unpaired) electrons. The van der Waals surface area contributed by atoms with Gasteiger partial charge in [0.25, 0.3) is 5.91 Å². The number of aryl methyl sites for hydroxylation is 1. The number of rotatable bonds is 5. The van der Waals surface area contributed by atoms with Crippen LogP contribution in [0, 0.1) is 6.92 Å². The number of carbonyl (C=O) groups excluding carboxylic acids is 2.